The van der Waals surface area contributed by atoms with Crippen molar-refractivity contribution in [3.05, 3.63) is 39.5 Å². The zero-order chi connectivity index (χ0) is 14.2. The molecule has 0 unspecified atom stereocenters. The van der Waals surface area contributed by atoms with Crippen LogP contribution >= 0.6 is 35.4 Å². The number of carbonyl (C=O) groups is 1. The lowest BCUT2D eigenvalue weighted by Gasteiger charge is -2.13. The number of likely N-dealkylation sites (N-methyl/N-ethyl adjacent to an activating group) is 2. The molecule has 2 rings (SSSR count). The van der Waals surface area contributed by atoms with Crippen molar-refractivity contribution in [2.24, 2.45) is 0 Å². The minimum Gasteiger partial charge on any atom is -0.317 e. The molecule has 1 aliphatic rings. The molecule has 0 radical (unpaired) electrons. The van der Waals surface area contributed by atoms with Gasteiger partial charge in [0.05, 0.1) is 0 Å². The van der Waals surface area contributed by atoms with E-state index in [1.54, 1.807) is 41.1 Å². The van der Waals surface area contributed by atoms with Crippen LogP contribution in [0.3, 0.4) is 0 Å². The molecule has 1 aromatic rings. The summed E-state index contributed by atoms with van der Waals surface area (Å²) in [5, 5.41) is 1.56. The summed E-state index contributed by atoms with van der Waals surface area (Å²) in [6.07, 6.45) is 1.73. The number of carbonyl (C=O) groups excluding carboxylic acids is 1. The molecule has 3 nitrogen and oxygen atoms in total. The van der Waals surface area contributed by atoms with Gasteiger partial charge in [0.1, 0.15) is 5.70 Å². The summed E-state index contributed by atoms with van der Waals surface area (Å²) in [5.74, 6) is -0.110. The third-order valence-corrected chi connectivity index (χ3v) is 3.97. The predicted octanol–water partition coefficient (Wildman–Crippen LogP) is 3.41. The Labute approximate surface area is 127 Å². The molecule has 1 amide bonds. The molecule has 1 aliphatic heterocycles. The molecule has 1 aromatic carbocycles. The highest BCUT2D eigenvalue weighted by molar-refractivity contribution is 7.80. The quantitative estimate of drug-likeness (QED) is 0.617. The van der Waals surface area contributed by atoms with E-state index in [9.17, 15) is 4.79 Å². The van der Waals surface area contributed by atoms with E-state index in [1.165, 1.54) is 0 Å². The van der Waals surface area contributed by atoms with E-state index in [4.69, 9.17) is 35.4 Å². The second kappa shape index (κ2) is 5.49. The molecule has 1 heterocycles. The molecule has 6 heteroatoms. The van der Waals surface area contributed by atoms with Gasteiger partial charge >= 0.3 is 0 Å². The topological polar surface area (TPSA) is 23.6 Å². The van der Waals surface area contributed by atoms with Gasteiger partial charge in [0.25, 0.3) is 5.91 Å². The van der Waals surface area contributed by atoms with Gasteiger partial charge in [0.15, 0.2) is 5.11 Å². The van der Waals surface area contributed by atoms with Crippen LogP contribution in [0.25, 0.3) is 6.08 Å². The Morgan fingerprint density at radius 2 is 2.05 bits per heavy atom. The van der Waals surface area contributed by atoms with Crippen molar-refractivity contribution in [2.45, 2.75) is 6.92 Å². The highest BCUT2D eigenvalue weighted by atomic mass is 35.5. The standard InChI is InChI=1S/C13H12Cl2N2OS/c1-3-17-12(18)11(16(2)13(17)19)6-8-4-5-9(14)7-10(8)15/h4-7H,3H2,1-2H3/b11-6-. The van der Waals surface area contributed by atoms with Crippen molar-refractivity contribution in [3.63, 3.8) is 0 Å². The first-order chi connectivity index (χ1) is 8.95. The van der Waals surface area contributed by atoms with Crippen molar-refractivity contribution >= 4 is 52.5 Å². The molecular weight excluding hydrogens is 303 g/mol. The average Bonchev–Trinajstić information content (AvgIpc) is 2.56. The van der Waals surface area contributed by atoms with Crippen molar-refractivity contribution in [2.75, 3.05) is 13.6 Å². The van der Waals surface area contributed by atoms with E-state index in [-0.39, 0.29) is 5.91 Å². The zero-order valence-corrected chi connectivity index (χ0v) is 12.8. The molecule has 1 saturated heterocycles. The van der Waals surface area contributed by atoms with Crippen LogP contribution in [0, 0.1) is 0 Å². The maximum Gasteiger partial charge on any atom is 0.276 e. The zero-order valence-electron chi connectivity index (χ0n) is 10.5. The fourth-order valence-corrected chi connectivity index (χ4v) is 2.63. The van der Waals surface area contributed by atoms with Gasteiger partial charge in [-0.25, -0.2) is 0 Å². The monoisotopic (exact) mass is 314 g/mol. The van der Waals surface area contributed by atoms with Gasteiger partial charge in [-0.05, 0) is 42.9 Å². The number of halogens is 2. The average molecular weight is 315 g/mol. The Bertz CT molecular complexity index is 586. The number of benzene rings is 1. The van der Waals surface area contributed by atoms with Gasteiger partial charge in [-0.1, -0.05) is 29.3 Å². The van der Waals surface area contributed by atoms with E-state index < -0.39 is 0 Å². The van der Waals surface area contributed by atoms with Gasteiger partial charge in [-0.15, -0.1) is 0 Å². The van der Waals surface area contributed by atoms with Crippen LogP contribution in [0.1, 0.15) is 12.5 Å². The van der Waals surface area contributed by atoms with Crippen molar-refractivity contribution in [1.82, 2.24) is 9.80 Å². The van der Waals surface area contributed by atoms with Gasteiger partial charge < -0.3 is 4.90 Å². The number of hydrogen-bond donors (Lipinski definition) is 0. The van der Waals surface area contributed by atoms with Crippen LogP contribution in [-0.4, -0.2) is 34.4 Å². The molecule has 0 N–H and O–H groups in total. The molecule has 0 bridgehead atoms. The van der Waals surface area contributed by atoms with Gasteiger partial charge in [-0.3, -0.25) is 9.69 Å². The summed E-state index contributed by atoms with van der Waals surface area (Å²) in [6, 6.07) is 5.15. The third-order valence-electron chi connectivity index (χ3n) is 2.91. The second-order valence-electron chi connectivity index (χ2n) is 4.09. The van der Waals surface area contributed by atoms with Gasteiger partial charge in [0.2, 0.25) is 0 Å². The van der Waals surface area contributed by atoms with E-state index >= 15 is 0 Å². The number of thiocarbonyl (C=S) groups is 1. The minimum atomic E-state index is -0.110. The first-order valence-electron chi connectivity index (χ1n) is 5.72. The predicted molar refractivity (Wildman–Crippen MR) is 82.2 cm³/mol. The molecule has 19 heavy (non-hydrogen) atoms. The Morgan fingerprint density at radius 3 is 2.58 bits per heavy atom. The van der Waals surface area contributed by atoms with Crippen molar-refractivity contribution in [3.8, 4) is 0 Å². The van der Waals surface area contributed by atoms with Crippen LogP contribution in [0.5, 0.6) is 0 Å². The van der Waals surface area contributed by atoms with Gasteiger partial charge in [-0.2, -0.15) is 0 Å². The molecule has 0 aromatic heterocycles. The van der Waals surface area contributed by atoms with Crippen molar-refractivity contribution < 1.29 is 4.79 Å². The molecule has 0 aliphatic carbocycles. The summed E-state index contributed by atoms with van der Waals surface area (Å²) in [4.78, 5) is 15.4. The smallest absolute Gasteiger partial charge is 0.276 e. The lowest BCUT2D eigenvalue weighted by molar-refractivity contribution is -0.122. The first-order valence-corrected chi connectivity index (χ1v) is 6.88. The highest BCUT2D eigenvalue weighted by Crippen LogP contribution is 2.26. The summed E-state index contributed by atoms with van der Waals surface area (Å²) in [5.41, 5.74) is 1.25. The Hall–Kier alpha value is -1.10. The largest absolute Gasteiger partial charge is 0.317 e. The van der Waals surface area contributed by atoms with E-state index in [2.05, 4.69) is 0 Å². The summed E-state index contributed by atoms with van der Waals surface area (Å²) in [7, 11) is 1.77. The van der Waals surface area contributed by atoms with Crippen molar-refractivity contribution in [1.29, 1.82) is 0 Å². The van der Waals surface area contributed by atoms with Gasteiger partial charge in [0, 0.05) is 23.6 Å². The Morgan fingerprint density at radius 1 is 1.37 bits per heavy atom. The minimum absolute atomic E-state index is 0.110. The van der Waals surface area contributed by atoms with Crippen LogP contribution in [-0.2, 0) is 4.79 Å². The van der Waals surface area contributed by atoms with Crippen LogP contribution in [0.15, 0.2) is 23.9 Å². The third kappa shape index (κ3) is 2.61. The second-order valence-corrected chi connectivity index (χ2v) is 5.30. The maximum absolute atomic E-state index is 12.2. The molecule has 1 fully saturated rings. The number of nitrogens with zero attached hydrogens (tertiary/aromatic N) is 2. The molecule has 100 valence electrons. The normalized spacial score (nSPS) is 17.8. The van der Waals surface area contributed by atoms with E-state index in [0.717, 1.165) is 5.56 Å². The summed E-state index contributed by atoms with van der Waals surface area (Å²) < 4.78 is 0. The lowest BCUT2D eigenvalue weighted by atomic mass is 10.2. The Kier molecular flexibility index (Phi) is 4.13. The van der Waals surface area contributed by atoms with E-state index in [1.807, 2.05) is 6.92 Å². The lowest BCUT2D eigenvalue weighted by Crippen LogP contribution is -2.30. The SMILES string of the molecule is CCN1C(=O)/C(=C/c2ccc(Cl)cc2Cl)N(C)C1=S. The van der Waals surface area contributed by atoms with E-state index in [0.29, 0.717) is 27.4 Å². The molecule has 0 spiro atoms. The van der Waals surface area contributed by atoms with Crippen LogP contribution in [0.4, 0.5) is 0 Å². The fraction of sp³-hybridized carbons (Fsp3) is 0.231. The number of hydrogen-bond acceptors (Lipinski definition) is 2. The Balaban J connectivity index is 2.43. The maximum atomic E-state index is 12.2. The van der Waals surface area contributed by atoms with Crippen LogP contribution < -0.4 is 0 Å². The highest BCUT2D eigenvalue weighted by Gasteiger charge is 2.34. The first kappa shape index (κ1) is 14.3. The number of rotatable bonds is 2. The summed E-state index contributed by atoms with van der Waals surface area (Å²) >= 11 is 17.2. The molecule has 0 atom stereocenters. The summed E-state index contributed by atoms with van der Waals surface area (Å²) in [6.45, 7) is 2.43. The molecular formula is C13H12Cl2N2OS. The molecule has 0 saturated carbocycles. The number of amides is 1. The van der Waals surface area contributed by atoms with Crippen LogP contribution in [0.2, 0.25) is 10.0 Å². The fourth-order valence-electron chi connectivity index (χ4n) is 1.86.